The fourth-order valence-corrected chi connectivity index (χ4v) is 1.66. The number of carboxylic acids is 1. The molecule has 0 bridgehead atoms. The van der Waals surface area contributed by atoms with Crippen molar-refractivity contribution in [3.8, 4) is 0 Å². The fourth-order valence-electron chi connectivity index (χ4n) is 1.66. The minimum atomic E-state index is -1.63. The van der Waals surface area contributed by atoms with Crippen LogP contribution in [0.5, 0.6) is 0 Å². The molecule has 104 valence electrons. The summed E-state index contributed by atoms with van der Waals surface area (Å²) in [7, 11) is 0. The van der Waals surface area contributed by atoms with Crippen LogP contribution in [0.4, 0.5) is 10.5 Å². The molecule has 1 atom stereocenters. The largest absolute Gasteiger partial charge is 0.479 e. The number of rotatable bonds is 4. The van der Waals surface area contributed by atoms with E-state index in [0.717, 1.165) is 10.9 Å². The molecule has 2 aromatic rings. The van der Waals surface area contributed by atoms with Crippen LogP contribution in [-0.2, 0) is 4.79 Å². The van der Waals surface area contributed by atoms with Crippen molar-refractivity contribution >= 4 is 28.6 Å². The zero-order chi connectivity index (χ0) is 14.5. The van der Waals surface area contributed by atoms with Crippen molar-refractivity contribution in [1.82, 2.24) is 10.3 Å². The number of carbonyl (C=O) groups excluding carboxylic acids is 1. The number of amides is 2. The second kappa shape index (κ2) is 5.98. The number of urea groups is 1. The molecule has 0 saturated carbocycles. The molecule has 0 aliphatic heterocycles. The fraction of sp³-hybridized carbons (Fsp3) is 0.154. The van der Waals surface area contributed by atoms with Gasteiger partial charge in [-0.15, -0.1) is 0 Å². The van der Waals surface area contributed by atoms with Crippen LogP contribution >= 0.6 is 0 Å². The smallest absolute Gasteiger partial charge is 0.334 e. The number of anilines is 1. The van der Waals surface area contributed by atoms with Gasteiger partial charge in [0.25, 0.3) is 0 Å². The first-order valence-electron chi connectivity index (χ1n) is 5.87. The van der Waals surface area contributed by atoms with Crippen LogP contribution in [-0.4, -0.2) is 39.8 Å². The van der Waals surface area contributed by atoms with Crippen LogP contribution in [0.15, 0.2) is 36.5 Å². The minimum absolute atomic E-state index is 0.371. The van der Waals surface area contributed by atoms with Gasteiger partial charge in [0.2, 0.25) is 0 Å². The lowest BCUT2D eigenvalue weighted by Gasteiger charge is -2.11. The highest BCUT2D eigenvalue weighted by Crippen LogP contribution is 2.20. The van der Waals surface area contributed by atoms with Gasteiger partial charge >= 0.3 is 12.0 Å². The molecular formula is C13H13N3O4. The van der Waals surface area contributed by atoms with E-state index in [0.29, 0.717) is 5.69 Å². The van der Waals surface area contributed by atoms with E-state index in [9.17, 15) is 9.59 Å². The van der Waals surface area contributed by atoms with Crippen molar-refractivity contribution in [3.63, 3.8) is 0 Å². The maximum Gasteiger partial charge on any atom is 0.334 e. The molecule has 0 aliphatic rings. The molecule has 7 heteroatoms. The number of nitrogens with one attached hydrogen (secondary N) is 2. The maximum absolute atomic E-state index is 11.6. The highest BCUT2D eigenvalue weighted by Gasteiger charge is 2.14. The molecule has 7 nitrogen and oxygen atoms in total. The summed E-state index contributed by atoms with van der Waals surface area (Å²) in [6.45, 7) is -0.371. The minimum Gasteiger partial charge on any atom is -0.479 e. The number of hydrogen-bond acceptors (Lipinski definition) is 4. The van der Waals surface area contributed by atoms with Crippen molar-refractivity contribution in [2.45, 2.75) is 6.10 Å². The molecule has 0 saturated heterocycles. The lowest BCUT2D eigenvalue weighted by molar-refractivity contribution is -0.146. The highest BCUT2D eigenvalue weighted by atomic mass is 16.4. The first-order valence-corrected chi connectivity index (χ1v) is 5.87. The SMILES string of the molecule is O=C(NCC(O)C(=O)O)Nc1cccc2ncccc12. The Labute approximate surface area is 114 Å². The third-order valence-corrected chi connectivity index (χ3v) is 2.63. The van der Waals surface area contributed by atoms with Gasteiger partial charge in [0.1, 0.15) is 0 Å². The number of aliphatic hydroxyl groups is 1. The average molecular weight is 275 g/mol. The number of carboxylic acid groups (broad SMARTS) is 1. The summed E-state index contributed by atoms with van der Waals surface area (Å²) < 4.78 is 0. The summed E-state index contributed by atoms with van der Waals surface area (Å²) in [4.78, 5) is 26.2. The van der Waals surface area contributed by atoms with Crippen LogP contribution in [0.2, 0.25) is 0 Å². The van der Waals surface area contributed by atoms with Gasteiger partial charge in [-0.1, -0.05) is 6.07 Å². The quantitative estimate of drug-likeness (QED) is 0.659. The van der Waals surface area contributed by atoms with Crippen molar-refractivity contribution in [2.24, 2.45) is 0 Å². The van der Waals surface area contributed by atoms with Gasteiger partial charge in [0, 0.05) is 11.6 Å². The van der Waals surface area contributed by atoms with E-state index < -0.39 is 18.1 Å². The number of fused-ring (bicyclic) bond motifs is 1. The van der Waals surface area contributed by atoms with Gasteiger partial charge in [0.05, 0.1) is 17.7 Å². The van der Waals surface area contributed by atoms with Crippen molar-refractivity contribution in [1.29, 1.82) is 0 Å². The number of hydrogen-bond donors (Lipinski definition) is 4. The van der Waals surface area contributed by atoms with E-state index in [1.807, 2.05) is 12.1 Å². The van der Waals surface area contributed by atoms with E-state index in [1.165, 1.54) is 0 Å². The summed E-state index contributed by atoms with van der Waals surface area (Å²) in [5, 5.41) is 23.2. The Bertz CT molecular complexity index is 639. The normalized spacial score (nSPS) is 11.8. The molecule has 2 amide bonds. The van der Waals surface area contributed by atoms with Crippen LogP contribution in [0.25, 0.3) is 10.9 Å². The zero-order valence-corrected chi connectivity index (χ0v) is 10.4. The number of aromatic nitrogens is 1. The van der Waals surface area contributed by atoms with Gasteiger partial charge in [-0.25, -0.2) is 9.59 Å². The maximum atomic E-state index is 11.6. The Hall–Kier alpha value is -2.67. The Kier molecular flexibility index (Phi) is 4.11. The zero-order valence-electron chi connectivity index (χ0n) is 10.4. The van der Waals surface area contributed by atoms with E-state index in [2.05, 4.69) is 15.6 Å². The van der Waals surface area contributed by atoms with Crippen molar-refractivity contribution in [2.75, 3.05) is 11.9 Å². The topological polar surface area (TPSA) is 112 Å². The van der Waals surface area contributed by atoms with Gasteiger partial charge in [-0.05, 0) is 24.3 Å². The molecule has 1 aromatic heterocycles. The van der Waals surface area contributed by atoms with Crippen molar-refractivity contribution < 1.29 is 19.8 Å². The monoisotopic (exact) mass is 275 g/mol. The second-order valence-corrected chi connectivity index (χ2v) is 4.06. The number of benzene rings is 1. The number of aliphatic carboxylic acids is 1. The van der Waals surface area contributed by atoms with Gasteiger partial charge in [-0.3, -0.25) is 4.98 Å². The standard InChI is InChI=1S/C13H13N3O4/c17-11(12(18)19)7-15-13(20)16-10-5-1-4-9-8(10)3-2-6-14-9/h1-6,11,17H,7H2,(H,18,19)(H2,15,16,20). The first kappa shape index (κ1) is 13.8. The molecule has 0 radical (unpaired) electrons. The van der Waals surface area contributed by atoms with Gasteiger partial charge in [0.15, 0.2) is 6.10 Å². The van der Waals surface area contributed by atoms with Crippen LogP contribution in [0, 0.1) is 0 Å². The summed E-state index contributed by atoms with van der Waals surface area (Å²) in [6, 6.07) is 8.23. The van der Waals surface area contributed by atoms with E-state index in [4.69, 9.17) is 10.2 Å². The Balaban J connectivity index is 2.05. The lowest BCUT2D eigenvalue weighted by atomic mass is 10.2. The predicted octanol–water partition coefficient (Wildman–Crippen LogP) is 0.802. The predicted molar refractivity (Wildman–Crippen MR) is 72.4 cm³/mol. The number of pyridine rings is 1. The lowest BCUT2D eigenvalue weighted by Crippen LogP contribution is -2.38. The summed E-state index contributed by atoms with van der Waals surface area (Å²) in [5.41, 5.74) is 1.29. The summed E-state index contributed by atoms with van der Waals surface area (Å²) in [5.74, 6) is -1.39. The van der Waals surface area contributed by atoms with Crippen LogP contribution in [0.1, 0.15) is 0 Å². The van der Waals surface area contributed by atoms with Gasteiger partial charge in [-0.2, -0.15) is 0 Å². The molecule has 0 fully saturated rings. The molecule has 0 aliphatic carbocycles. The van der Waals surface area contributed by atoms with E-state index in [1.54, 1.807) is 24.4 Å². The van der Waals surface area contributed by atoms with Crippen LogP contribution in [0.3, 0.4) is 0 Å². The molecule has 1 unspecified atom stereocenters. The third kappa shape index (κ3) is 3.21. The Morgan fingerprint density at radius 2 is 2.05 bits per heavy atom. The number of carbonyl (C=O) groups is 2. The van der Waals surface area contributed by atoms with E-state index >= 15 is 0 Å². The summed E-state index contributed by atoms with van der Waals surface area (Å²) >= 11 is 0. The average Bonchev–Trinajstić information content (AvgIpc) is 2.45. The molecule has 0 spiro atoms. The van der Waals surface area contributed by atoms with Crippen molar-refractivity contribution in [3.05, 3.63) is 36.5 Å². The highest BCUT2D eigenvalue weighted by molar-refractivity contribution is 6.00. The van der Waals surface area contributed by atoms with E-state index in [-0.39, 0.29) is 6.54 Å². The molecule has 20 heavy (non-hydrogen) atoms. The Morgan fingerprint density at radius 1 is 1.25 bits per heavy atom. The summed E-state index contributed by atoms with van der Waals surface area (Å²) in [6.07, 6.45) is 0.0185. The number of nitrogens with zero attached hydrogens (tertiary/aromatic N) is 1. The third-order valence-electron chi connectivity index (χ3n) is 2.63. The molecular weight excluding hydrogens is 262 g/mol. The Morgan fingerprint density at radius 3 is 2.80 bits per heavy atom. The molecule has 1 heterocycles. The molecule has 4 N–H and O–H groups in total. The van der Waals surface area contributed by atoms with Gasteiger partial charge < -0.3 is 20.8 Å². The molecule has 2 rings (SSSR count). The van der Waals surface area contributed by atoms with Crippen LogP contribution < -0.4 is 10.6 Å². The second-order valence-electron chi connectivity index (χ2n) is 4.06. The molecule has 1 aromatic carbocycles. The first-order chi connectivity index (χ1) is 9.58. The number of aliphatic hydroxyl groups excluding tert-OH is 1.